The van der Waals surface area contributed by atoms with E-state index in [0.717, 1.165) is 14.8 Å². The molecule has 2 unspecified atom stereocenters. The molecule has 0 saturated carbocycles. The highest BCUT2D eigenvalue weighted by Crippen LogP contribution is 2.32. The van der Waals surface area contributed by atoms with E-state index in [1.165, 1.54) is 12.1 Å². The minimum absolute atomic E-state index is 0.0184. The van der Waals surface area contributed by atoms with Gasteiger partial charge in [-0.25, -0.2) is 4.39 Å². The third-order valence-electron chi connectivity index (χ3n) is 3.20. The summed E-state index contributed by atoms with van der Waals surface area (Å²) in [4.78, 5) is 3.31. The van der Waals surface area contributed by atoms with Gasteiger partial charge in [0.25, 0.3) is 0 Å². The number of thiophene rings is 1. The van der Waals surface area contributed by atoms with Crippen molar-refractivity contribution in [2.75, 3.05) is 7.05 Å². The average molecular weight is 313 g/mol. The van der Waals surface area contributed by atoms with E-state index in [1.807, 2.05) is 26.1 Å². The molecule has 2 N–H and O–H groups in total. The van der Waals surface area contributed by atoms with Crippen molar-refractivity contribution in [3.05, 3.63) is 57.0 Å². The number of hydrogen-bond acceptors (Lipinski definition) is 3. The van der Waals surface area contributed by atoms with Gasteiger partial charge in [0.05, 0.1) is 10.4 Å². The van der Waals surface area contributed by atoms with Crippen molar-refractivity contribution in [3.8, 4) is 0 Å². The molecule has 0 radical (unpaired) electrons. The number of nitrogens with two attached hydrogens (primary N) is 1. The summed E-state index contributed by atoms with van der Waals surface area (Å²) in [5.74, 6) is -0.217. The van der Waals surface area contributed by atoms with E-state index in [-0.39, 0.29) is 17.9 Å². The van der Waals surface area contributed by atoms with E-state index in [4.69, 9.17) is 17.3 Å². The first-order chi connectivity index (χ1) is 9.47. The maximum Gasteiger partial charge on any atom is 0.123 e. The maximum absolute atomic E-state index is 12.9. The Morgan fingerprint density at radius 3 is 2.40 bits per heavy atom. The Bertz CT molecular complexity index is 553. The van der Waals surface area contributed by atoms with E-state index in [1.54, 1.807) is 23.5 Å². The molecule has 0 aliphatic carbocycles. The van der Waals surface area contributed by atoms with Gasteiger partial charge in [-0.1, -0.05) is 23.7 Å². The summed E-state index contributed by atoms with van der Waals surface area (Å²) in [5, 5.41) is 0. The molecular weight excluding hydrogens is 295 g/mol. The molecule has 1 aromatic carbocycles. The van der Waals surface area contributed by atoms with Crippen LogP contribution in [0.15, 0.2) is 36.4 Å². The summed E-state index contributed by atoms with van der Waals surface area (Å²) >= 11 is 7.56. The second-order valence-corrected chi connectivity index (χ2v) is 6.73. The molecule has 0 amide bonds. The molecule has 1 heterocycles. The smallest absolute Gasteiger partial charge is 0.123 e. The summed E-state index contributed by atoms with van der Waals surface area (Å²) in [6.45, 7) is 2.70. The van der Waals surface area contributed by atoms with Gasteiger partial charge in [-0.15, -0.1) is 11.3 Å². The summed E-state index contributed by atoms with van der Waals surface area (Å²) in [5.41, 5.74) is 7.18. The lowest BCUT2D eigenvalue weighted by Gasteiger charge is -2.30. The van der Waals surface area contributed by atoms with Gasteiger partial charge in [0.1, 0.15) is 5.82 Å². The van der Waals surface area contributed by atoms with Gasteiger partial charge in [0.15, 0.2) is 0 Å². The minimum atomic E-state index is -0.217. The zero-order chi connectivity index (χ0) is 14.7. The molecule has 0 bridgehead atoms. The molecule has 2 rings (SSSR count). The van der Waals surface area contributed by atoms with E-state index < -0.39 is 0 Å². The van der Waals surface area contributed by atoms with E-state index in [2.05, 4.69) is 4.90 Å². The molecule has 108 valence electrons. The van der Waals surface area contributed by atoms with Gasteiger partial charge < -0.3 is 5.73 Å². The van der Waals surface area contributed by atoms with Gasteiger partial charge in [-0.3, -0.25) is 4.90 Å². The lowest BCUT2D eigenvalue weighted by molar-refractivity contribution is 0.214. The molecule has 5 heteroatoms. The Morgan fingerprint density at radius 1 is 1.25 bits per heavy atom. The number of likely N-dealkylation sites (N-methyl/N-ethyl adjacent to an activating group) is 1. The molecule has 2 nitrogen and oxygen atoms in total. The first-order valence-corrected chi connectivity index (χ1v) is 7.62. The SMILES string of the molecule is CC(N)C(c1ccc(Cl)s1)N(C)Cc1ccc(F)cc1. The third-order valence-corrected chi connectivity index (χ3v) is 4.51. The molecule has 0 saturated heterocycles. The van der Waals surface area contributed by atoms with Crippen LogP contribution in [0.5, 0.6) is 0 Å². The molecule has 0 aliphatic rings. The van der Waals surface area contributed by atoms with Crippen LogP contribution in [0, 0.1) is 5.82 Å². The Balaban J connectivity index is 2.15. The number of nitrogens with zero attached hydrogens (tertiary/aromatic N) is 1. The van der Waals surface area contributed by atoms with Crippen LogP contribution in [-0.2, 0) is 6.54 Å². The fourth-order valence-electron chi connectivity index (χ4n) is 2.34. The van der Waals surface area contributed by atoms with E-state index in [0.29, 0.717) is 6.54 Å². The minimum Gasteiger partial charge on any atom is -0.326 e. The topological polar surface area (TPSA) is 29.3 Å². The lowest BCUT2D eigenvalue weighted by atomic mass is 10.1. The van der Waals surface area contributed by atoms with Gasteiger partial charge >= 0.3 is 0 Å². The highest BCUT2D eigenvalue weighted by atomic mass is 35.5. The van der Waals surface area contributed by atoms with Crippen LogP contribution in [0.3, 0.4) is 0 Å². The van der Waals surface area contributed by atoms with Crippen LogP contribution in [0.4, 0.5) is 4.39 Å². The van der Waals surface area contributed by atoms with Crippen molar-refractivity contribution in [1.29, 1.82) is 0 Å². The van der Waals surface area contributed by atoms with Crippen LogP contribution in [0.25, 0.3) is 0 Å². The van der Waals surface area contributed by atoms with E-state index >= 15 is 0 Å². The maximum atomic E-state index is 12.9. The first kappa shape index (κ1) is 15.4. The van der Waals surface area contributed by atoms with Crippen LogP contribution < -0.4 is 5.73 Å². The van der Waals surface area contributed by atoms with Gasteiger partial charge in [0.2, 0.25) is 0 Å². The van der Waals surface area contributed by atoms with Crippen molar-refractivity contribution in [2.45, 2.75) is 25.6 Å². The number of hydrogen-bond donors (Lipinski definition) is 1. The zero-order valence-corrected chi connectivity index (χ0v) is 13.1. The monoisotopic (exact) mass is 312 g/mol. The fourth-order valence-corrected chi connectivity index (χ4v) is 3.68. The Hall–Kier alpha value is -0.940. The van der Waals surface area contributed by atoms with Crippen molar-refractivity contribution in [1.82, 2.24) is 4.90 Å². The summed E-state index contributed by atoms with van der Waals surface area (Å²) < 4.78 is 13.7. The average Bonchev–Trinajstić information content (AvgIpc) is 2.78. The number of rotatable bonds is 5. The predicted octanol–water partition coefficient (Wildman–Crippen LogP) is 4.06. The second kappa shape index (κ2) is 6.68. The third kappa shape index (κ3) is 3.79. The second-order valence-electron chi connectivity index (χ2n) is 4.99. The van der Waals surface area contributed by atoms with Gasteiger partial charge in [-0.05, 0) is 43.8 Å². The highest BCUT2D eigenvalue weighted by molar-refractivity contribution is 7.16. The summed E-state index contributed by atoms with van der Waals surface area (Å²) in [6, 6.07) is 10.5. The molecule has 2 atom stereocenters. The van der Waals surface area contributed by atoms with E-state index in [9.17, 15) is 4.39 Å². The van der Waals surface area contributed by atoms with Crippen molar-refractivity contribution in [2.24, 2.45) is 5.73 Å². The fraction of sp³-hybridized carbons (Fsp3) is 0.333. The quantitative estimate of drug-likeness (QED) is 0.902. The van der Waals surface area contributed by atoms with Crippen molar-refractivity contribution < 1.29 is 4.39 Å². The lowest BCUT2D eigenvalue weighted by Crippen LogP contribution is -2.36. The van der Waals surface area contributed by atoms with Crippen LogP contribution in [0.1, 0.15) is 23.4 Å². The largest absolute Gasteiger partial charge is 0.326 e. The molecule has 0 spiro atoms. The van der Waals surface area contributed by atoms with Crippen LogP contribution in [0.2, 0.25) is 4.34 Å². The van der Waals surface area contributed by atoms with Gasteiger partial charge in [0, 0.05) is 17.5 Å². The van der Waals surface area contributed by atoms with Crippen LogP contribution in [-0.4, -0.2) is 18.0 Å². The first-order valence-electron chi connectivity index (χ1n) is 6.43. The van der Waals surface area contributed by atoms with Gasteiger partial charge in [-0.2, -0.15) is 0 Å². The molecular formula is C15H18ClFN2S. The molecule has 1 aromatic heterocycles. The predicted molar refractivity (Wildman–Crippen MR) is 83.6 cm³/mol. The molecule has 2 aromatic rings. The molecule has 20 heavy (non-hydrogen) atoms. The Labute approximate surface area is 128 Å². The van der Waals surface area contributed by atoms with Crippen molar-refractivity contribution in [3.63, 3.8) is 0 Å². The van der Waals surface area contributed by atoms with Crippen LogP contribution >= 0.6 is 22.9 Å². The zero-order valence-electron chi connectivity index (χ0n) is 11.5. The summed E-state index contributed by atoms with van der Waals surface area (Å²) in [6.07, 6.45) is 0. The Morgan fingerprint density at radius 2 is 1.90 bits per heavy atom. The number of benzene rings is 1. The summed E-state index contributed by atoms with van der Waals surface area (Å²) in [7, 11) is 2.02. The Kier molecular flexibility index (Phi) is 5.16. The highest BCUT2D eigenvalue weighted by Gasteiger charge is 2.22. The standard InChI is InChI=1S/C15H18ClFN2S/c1-10(18)15(13-7-8-14(16)20-13)19(2)9-11-3-5-12(17)6-4-11/h3-8,10,15H,9,18H2,1-2H3. The molecule has 0 aliphatic heterocycles. The van der Waals surface area contributed by atoms with Crippen molar-refractivity contribution >= 4 is 22.9 Å². The number of halogens is 2. The normalized spacial score (nSPS) is 14.5. The molecule has 0 fully saturated rings.